The van der Waals surface area contributed by atoms with Crippen LogP contribution in [0.1, 0.15) is 10.4 Å². The summed E-state index contributed by atoms with van der Waals surface area (Å²) in [6.07, 6.45) is 0.712. The molecule has 0 amide bonds. The molecule has 0 saturated heterocycles. The third-order valence-corrected chi connectivity index (χ3v) is 2.64. The van der Waals surface area contributed by atoms with Crippen molar-refractivity contribution in [3.05, 3.63) is 47.8 Å². The second-order valence-corrected chi connectivity index (χ2v) is 3.56. The average molecular weight is 231 g/mol. The van der Waals surface area contributed by atoms with Gasteiger partial charge in [0.2, 0.25) is 0 Å². The molecule has 0 aliphatic carbocycles. The summed E-state index contributed by atoms with van der Waals surface area (Å²) in [5.41, 5.74) is 1.18. The van der Waals surface area contributed by atoms with Gasteiger partial charge in [0.25, 0.3) is 0 Å². The Kier molecular flexibility index (Phi) is 2.65. The van der Waals surface area contributed by atoms with Crippen LogP contribution >= 0.6 is 0 Å². The lowest BCUT2D eigenvalue weighted by molar-refractivity contribution is 0.112. The van der Waals surface area contributed by atoms with Gasteiger partial charge >= 0.3 is 0 Å². The molecule has 0 radical (unpaired) electrons. The molecule has 0 aliphatic heterocycles. The lowest BCUT2D eigenvalue weighted by Gasteiger charge is -1.94. The van der Waals surface area contributed by atoms with Crippen molar-refractivity contribution in [2.24, 2.45) is 0 Å². The first-order valence-electron chi connectivity index (χ1n) is 4.86. The number of hydrogen-bond acceptors (Lipinski definition) is 3. The standard InChI is InChI=1S/C13H7FO2.H3N/c14-10-6-5-8(7-15)12-9-3-1-2-4-11(9)16-13(10)12;/h1-7H;1H3. The van der Waals surface area contributed by atoms with Crippen molar-refractivity contribution >= 4 is 28.2 Å². The number of carbonyl (C=O) groups is 1. The Morgan fingerprint density at radius 3 is 2.65 bits per heavy atom. The van der Waals surface area contributed by atoms with Crippen LogP contribution in [0, 0.1) is 5.82 Å². The number of benzene rings is 2. The van der Waals surface area contributed by atoms with E-state index in [0.717, 1.165) is 5.39 Å². The number of furan rings is 1. The Morgan fingerprint density at radius 2 is 1.88 bits per heavy atom. The van der Waals surface area contributed by atoms with Crippen molar-refractivity contribution in [3.8, 4) is 0 Å². The van der Waals surface area contributed by atoms with Gasteiger partial charge in [0.15, 0.2) is 17.7 Å². The Hall–Kier alpha value is -2.20. The molecule has 1 heterocycles. The molecule has 86 valence electrons. The number of aldehydes is 1. The van der Waals surface area contributed by atoms with Gasteiger partial charge in [-0.3, -0.25) is 4.79 Å². The zero-order chi connectivity index (χ0) is 11.1. The summed E-state index contributed by atoms with van der Waals surface area (Å²) >= 11 is 0. The lowest BCUT2D eigenvalue weighted by atomic mass is 10.1. The fourth-order valence-electron chi connectivity index (χ4n) is 1.92. The maximum absolute atomic E-state index is 13.5. The first kappa shape index (κ1) is 11.3. The maximum Gasteiger partial charge on any atom is 0.171 e. The lowest BCUT2D eigenvalue weighted by Crippen LogP contribution is -1.83. The van der Waals surface area contributed by atoms with Crippen LogP contribution < -0.4 is 6.15 Å². The topological polar surface area (TPSA) is 65.2 Å². The van der Waals surface area contributed by atoms with Crippen LogP contribution in [0.5, 0.6) is 0 Å². The Balaban J connectivity index is 0.00000108. The van der Waals surface area contributed by atoms with Gasteiger partial charge in [-0.15, -0.1) is 0 Å². The summed E-state index contributed by atoms with van der Waals surface area (Å²) in [7, 11) is 0. The van der Waals surface area contributed by atoms with Crippen LogP contribution in [0.15, 0.2) is 40.8 Å². The predicted octanol–water partition coefficient (Wildman–Crippen LogP) is 3.70. The minimum atomic E-state index is -0.447. The molecule has 0 unspecified atom stereocenters. The van der Waals surface area contributed by atoms with Gasteiger partial charge in [-0.2, -0.15) is 0 Å². The molecule has 3 rings (SSSR count). The highest BCUT2D eigenvalue weighted by Crippen LogP contribution is 2.32. The molecule has 0 spiro atoms. The first-order chi connectivity index (χ1) is 7.81. The van der Waals surface area contributed by atoms with Gasteiger partial charge in [-0.25, -0.2) is 4.39 Å². The summed E-state index contributed by atoms with van der Waals surface area (Å²) in [5, 5.41) is 1.31. The van der Waals surface area contributed by atoms with Gasteiger partial charge in [-0.05, 0) is 18.2 Å². The highest BCUT2D eigenvalue weighted by Gasteiger charge is 2.13. The smallest absolute Gasteiger partial charge is 0.171 e. The van der Waals surface area contributed by atoms with E-state index in [1.807, 2.05) is 18.2 Å². The van der Waals surface area contributed by atoms with Crippen LogP contribution in [0.3, 0.4) is 0 Å². The van der Waals surface area contributed by atoms with Crippen LogP contribution in [0.25, 0.3) is 21.9 Å². The number of fused-ring (bicyclic) bond motifs is 3. The number of para-hydroxylation sites is 1. The molecule has 0 fully saturated rings. The molecule has 0 saturated carbocycles. The summed E-state index contributed by atoms with van der Waals surface area (Å²) in [5.74, 6) is -0.447. The van der Waals surface area contributed by atoms with E-state index < -0.39 is 5.82 Å². The molecular formula is C13H10FNO2. The molecule has 3 nitrogen and oxygen atoms in total. The van der Waals surface area contributed by atoms with E-state index in [1.54, 1.807) is 6.07 Å². The number of rotatable bonds is 1. The minimum absolute atomic E-state index is 0. The van der Waals surface area contributed by atoms with Crippen LogP contribution in [0.4, 0.5) is 4.39 Å². The van der Waals surface area contributed by atoms with Gasteiger partial charge in [0.05, 0.1) is 0 Å². The van der Waals surface area contributed by atoms with Crippen molar-refractivity contribution < 1.29 is 13.6 Å². The van der Waals surface area contributed by atoms with E-state index in [-0.39, 0.29) is 11.7 Å². The molecule has 4 heteroatoms. The summed E-state index contributed by atoms with van der Waals surface area (Å²) in [4.78, 5) is 10.9. The largest absolute Gasteiger partial charge is 0.453 e. The van der Waals surface area contributed by atoms with Gasteiger partial charge < -0.3 is 10.6 Å². The molecule has 3 aromatic rings. The molecule has 0 aliphatic rings. The zero-order valence-electron chi connectivity index (χ0n) is 8.94. The fourth-order valence-corrected chi connectivity index (χ4v) is 1.92. The first-order valence-corrected chi connectivity index (χ1v) is 4.86. The molecule has 0 bridgehead atoms. The third-order valence-electron chi connectivity index (χ3n) is 2.64. The second-order valence-electron chi connectivity index (χ2n) is 3.56. The van der Waals surface area contributed by atoms with Crippen molar-refractivity contribution in [2.45, 2.75) is 0 Å². The SMILES string of the molecule is N.O=Cc1ccc(F)c2oc3ccccc3c12. The van der Waals surface area contributed by atoms with Gasteiger partial charge in [0, 0.05) is 16.3 Å². The molecule has 0 atom stereocenters. The van der Waals surface area contributed by atoms with Crippen LogP contribution in [-0.2, 0) is 0 Å². The second kappa shape index (κ2) is 3.99. The molecule has 1 aromatic heterocycles. The van der Waals surface area contributed by atoms with E-state index in [2.05, 4.69) is 0 Å². The Bertz CT molecular complexity index is 703. The minimum Gasteiger partial charge on any atom is -0.453 e. The summed E-state index contributed by atoms with van der Waals surface area (Å²) in [6, 6.07) is 9.91. The monoisotopic (exact) mass is 231 g/mol. The van der Waals surface area contributed by atoms with E-state index in [4.69, 9.17) is 4.42 Å². The summed E-state index contributed by atoms with van der Waals surface area (Å²) in [6.45, 7) is 0. The number of halogens is 1. The van der Waals surface area contributed by atoms with Gasteiger partial charge in [-0.1, -0.05) is 18.2 Å². The highest BCUT2D eigenvalue weighted by molar-refractivity contribution is 6.12. The molecule has 17 heavy (non-hydrogen) atoms. The molecule has 3 N–H and O–H groups in total. The summed E-state index contributed by atoms with van der Waals surface area (Å²) < 4.78 is 18.9. The van der Waals surface area contributed by atoms with Crippen molar-refractivity contribution in [1.29, 1.82) is 0 Å². The molecule has 2 aromatic carbocycles. The number of carbonyl (C=O) groups excluding carboxylic acids is 1. The zero-order valence-corrected chi connectivity index (χ0v) is 8.94. The average Bonchev–Trinajstić information content (AvgIpc) is 2.70. The van der Waals surface area contributed by atoms with Gasteiger partial charge in [0.1, 0.15) is 5.58 Å². The maximum atomic E-state index is 13.5. The van der Waals surface area contributed by atoms with Crippen molar-refractivity contribution in [2.75, 3.05) is 0 Å². The number of hydrogen-bond donors (Lipinski definition) is 1. The fraction of sp³-hybridized carbons (Fsp3) is 0. The molecular weight excluding hydrogens is 221 g/mol. The Morgan fingerprint density at radius 1 is 1.12 bits per heavy atom. The van der Waals surface area contributed by atoms with E-state index in [9.17, 15) is 9.18 Å². The Labute approximate surface area is 96.4 Å². The predicted molar refractivity (Wildman–Crippen MR) is 64.1 cm³/mol. The third kappa shape index (κ3) is 1.50. The quantitative estimate of drug-likeness (QED) is 0.649. The van der Waals surface area contributed by atoms with Crippen LogP contribution in [-0.4, -0.2) is 6.29 Å². The van der Waals surface area contributed by atoms with Crippen molar-refractivity contribution in [3.63, 3.8) is 0 Å². The van der Waals surface area contributed by atoms with Crippen molar-refractivity contribution in [1.82, 2.24) is 6.15 Å². The van der Waals surface area contributed by atoms with E-state index in [1.165, 1.54) is 12.1 Å². The highest BCUT2D eigenvalue weighted by atomic mass is 19.1. The van der Waals surface area contributed by atoms with E-state index in [0.29, 0.717) is 22.8 Å². The van der Waals surface area contributed by atoms with E-state index >= 15 is 0 Å². The normalized spacial score (nSPS) is 10.4. The van der Waals surface area contributed by atoms with Crippen LogP contribution in [0.2, 0.25) is 0 Å².